The molecule has 0 bridgehead atoms. The van der Waals surface area contributed by atoms with Crippen molar-refractivity contribution in [2.24, 2.45) is 5.73 Å². The van der Waals surface area contributed by atoms with Gasteiger partial charge in [-0.05, 0) is 31.5 Å². The van der Waals surface area contributed by atoms with Crippen molar-refractivity contribution in [1.29, 1.82) is 0 Å². The predicted octanol–water partition coefficient (Wildman–Crippen LogP) is 2.56. The third kappa shape index (κ3) is 4.69. The van der Waals surface area contributed by atoms with Crippen molar-refractivity contribution in [1.82, 2.24) is 0 Å². The molecule has 14 heavy (non-hydrogen) atoms. The Balaban J connectivity index is 2.21. The Labute approximate surface area is 86.3 Å². The Hall–Kier alpha value is -1.26. The molecule has 1 aromatic carbocycles. The summed E-state index contributed by atoms with van der Waals surface area (Å²) < 4.78 is 0. The van der Waals surface area contributed by atoms with Crippen LogP contribution in [0.2, 0.25) is 0 Å². The second-order valence-corrected chi connectivity index (χ2v) is 3.27. The maximum Gasteiger partial charge on any atom is 0.0245 e. The van der Waals surface area contributed by atoms with Crippen LogP contribution in [-0.2, 0) is 0 Å². The first kappa shape index (κ1) is 10.8. The van der Waals surface area contributed by atoms with E-state index in [2.05, 4.69) is 11.8 Å². The molecule has 0 aromatic heterocycles. The maximum absolute atomic E-state index is 5.40. The van der Waals surface area contributed by atoms with Crippen molar-refractivity contribution in [2.75, 3.05) is 6.54 Å². The smallest absolute Gasteiger partial charge is 0.0245 e. The lowest BCUT2D eigenvalue weighted by atomic mass is 10.2. The summed E-state index contributed by atoms with van der Waals surface area (Å²) in [5.41, 5.74) is 6.50. The topological polar surface area (TPSA) is 26.0 Å². The van der Waals surface area contributed by atoms with Crippen LogP contribution in [0.5, 0.6) is 0 Å². The lowest BCUT2D eigenvalue weighted by Crippen LogP contribution is -1.97. The summed E-state index contributed by atoms with van der Waals surface area (Å²) in [6.07, 6.45) is 4.46. The molecule has 0 atom stereocenters. The van der Waals surface area contributed by atoms with Gasteiger partial charge in [-0.2, -0.15) is 0 Å². The van der Waals surface area contributed by atoms with Gasteiger partial charge in [0.1, 0.15) is 0 Å². The van der Waals surface area contributed by atoms with Crippen LogP contribution in [0.4, 0.5) is 0 Å². The van der Waals surface area contributed by atoms with Crippen molar-refractivity contribution in [3.63, 3.8) is 0 Å². The molecule has 0 saturated heterocycles. The molecule has 0 saturated carbocycles. The second-order valence-electron chi connectivity index (χ2n) is 3.27. The van der Waals surface area contributed by atoms with Crippen molar-refractivity contribution in [2.45, 2.75) is 25.7 Å². The van der Waals surface area contributed by atoms with Crippen LogP contribution in [-0.4, -0.2) is 6.54 Å². The van der Waals surface area contributed by atoms with Crippen LogP contribution in [0, 0.1) is 11.8 Å². The Morgan fingerprint density at radius 2 is 1.79 bits per heavy atom. The summed E-state index contributed by atoms with van der Waals surface area (Å²) in [5, 5.41) is 0. The van der Waals surface area contributed by atoms with E-state index in [1.165, 1.54) is 6.42 Å². The van der Waals surface area contributed by atoms with E-state index < -0.39 is 0 Å². The number of unbranched alkanes of at least 4 members (excludes halogenated alkanes) is 3. The molecule has 0 amide bonds. The van der Waals surface area contributed by atoms with Crippen LogP contribution < -0.4 is 5.73 Å². The van der Waals surface area contributed by atoms with Gasteiger partial charge in [-0.1, -0.05) is 36.5 Å². The average molecular weight is 187 g/mol. The van der Waals surface area contributed by atoms with Gasteiger partial charge < -0.3 is 5.73 Å². The van der Waals surface area contributed by atoms with Gasteiger partial charge >= 0.3 is 0 Å². The van der Waals surface area contributed by atoms with Gasteiger partial charge in [-0.3, -0.25) is 0 Å². The number of rotatable bonds is 4. The number of hydrogen-bond acceptors (Lipinski definition) is 1. The highest BCUT2D eigenvalue weighted by atomic mass is 14.5. The van der Waals surface area contributed by atoms with Crippen LogP contribution in [0.25, 0.3) is 0 Å². The maximum atomic E-state index is 5.40. The molecule has 0 aliphatic carbocycles. The van der Waals surface area contributed by atoms with E-state index in [0.29, 0.717) is 0 Å². The molecule has 0 aliphatic heterocycles. The predicted molar refractivity (Wildman–Crippen MR) is 60.8 cm³/mol. The molecule has 0 spiro atoms. The molecule has 0 fully saturated rings. The zero-order chi connectivity index (χ0) is 10.1. The first-order chi connectivity index (χ1) is 6.93. The lowest BCUT2D eigenvalue weighted by molar-refractivity contribution is 0.701. The van der Waals surface area contributed by atoms with Crippen LogP contribution in [0.1, 0.15) is 31.2 Å². The zero-order valence-corrected chi connectivity index (χ0v) is 8.50. The third-order valence-corrected chi connectivity index (χ3v) is 2.01. The van der Waals surface area contributed by atoms with Gasteiger partial charge in [0.25, 0.3) is 0 Å². The summed E-state index contributed by atoms with van der Waals surface area (Å²) >= 11 is 0. The monoisotopic (exact) mass is 187 g/mol. The molecule has 0 radical (unpaired) electrons. The summed E-state index contributed by atoms with van der Waals surface area (Å²) in [6.45, 7) is 0.798. The summed E-state index contributed by atoms with van der Waals surface area (Å²) in [4.78, 5) is 0. The van der Waals surface area contributed by atoms with Gasteiger partial charge in [0.15, 0.2) is 0 Å². The summed E-state index contributed by atoms with van der Waals surface area (Å²) in [6, 6.07) is 10.1. The third-order valence-electron chi connectivity index (χ3n) is 2.01. The van der Waals surface area contributed by atoms with E-state index in [4.69, 9.17) is 5.73 Å². The van der Waals surface area contributed by atoms with E-state index in [1.807, 2.05) is 30.3 Å². The Kier molecular flexibility index (Phi) is 5.54. The molecule has 0 heterocycles. The minimum Gasteiger partial charge on any atom is -0.330 e. The molecule has 2 N–H and O–H groups in total. The fraction of sp³-hybridized carbons (Fsp3) is 0.385. The highest BCUT2D eigenvalue weighted by molar-refractivity contribution is 5.33. The van der Waals surface area contributed by atoms with Crippen molar-refractivity contribution in [3.8, 4) is 11.8 Å². The van der Waals surface area contributed by atoms with Crippen LogP contribution >= 0.6 is 0 Å². The Morgan fingerprint density at radius 1 is 1.00 bits per heavy atom. The summed E-state index contributed by atoms with van der Waals surface area (Å²) in [7, 11) is 0. The van der Waals surface area contributed by atoms with E-state index in [9.17, 15) is 0 Å². The van der Waals surface area contributed by atoms with Crippen LogP contribution in [0.15, 0.2) is 30.3 Å². The molecule has 0 aliphatic rings. The van der Waals surface area contributed by atoms with Crippen molar-refractivity contribution >= 4 is 0 Å². The Morgan fingerprint density at radius 3 is 2.50 bits per heavy atom. The van der Waals surface area contributed by atoms with Gasteiger partial charge in [0, 0.05) is 12.0 Å². The van der Waals surface area contributed by atoms with Gasteiger partial charge in [0.05, 0.1) is 0 Å². The van der Waals surface area contributed by atoms with Crippen molar-refractivity contribution in [3.05, 3.63) is 35.9 Å². The second kappa shape index (κ2) is 7.17. The summed E-state index contributed by atoms with van der Waals surface area (Å²) in [5.74, 6) is 6.31. The number of nitrogens with two attached hydrogens (primary N) is 1. The fourth-order valence-corrected chi connectivity index (χ4v) is 1.22. The molecule has 1 aromatic rings. The largest absolute Gasteiger partial charge is 0.330 e. The zero-order valence-electron chi connectivity index (χ0n) is 8.50. The number of benzene rings is 1. The van der Waals surface area contributed by atoms with E-state index in [-0.39, 0.29) is 0 Å². The van der Waals surface area contributed by atoms with Crippen LogP contribution in [0.3, 0.4) is 0 Å². The highest BCUT2D eigenvalue weighted by Gasteiger charge is 1.84. The first-order valence-electron chi connectivity index (χ1n) is 5.17. The molecule has 1 heteroatoms. The normalized spacial score (nSPS) is 9.21. The van der Waals surface area contributed by atoms with E-state index in [0.717, 1.165) is 31.4 Å². The van der Waals surface area contributed by atoms with E-state index >= 15 is 0 Å². The van der Waals surface area contributed by atoms with Gasteiger partial charge in [0.2, 0.25) is 0 Å². The number of hydrogen-bond donors (Lipinski definition) is 1. The molecular formula is C13H17N. The van der Waals surface area contributed by atoms with E-state index in [1.54, 1.807) is 0 Å². The van der Waals surface area contributed by atoms with Gasteiger partial charge in [-0.15, -0.1) is 0 Å². The minimum atomic E-state index is 0.798. The molecule has 1 rings (SSSR count). The SMILES string of the molecule is NCCCCCC#Cc1ccccc1. The standard InChI is InChI=1S/C13H17N/c14-12-8-3-1-2-5-9-13-10-6-4-7-11-13/h4,6-7,10-11H,1-3,8,12,14H2. The highest BCUT2D eigenvalue weighted by Crippen LogP contribution is 1.98. The molecular weight excluding hydrogens is 170 g/mol. The van der Waals surface area contributed by atoms with Crippen molar-refractivity contribution < 1.29 is 0 Å². The lowest BCUT2D eigenvalue weighted by Gasteiger charge is -1.92. The molecule has 0 unspecified atom stereocenters. The molecule has 1 nitrogen and oxygen atoms in total. The average Bonchev–Trinajstić information content (AvgIpc) is 2.25. The minimum absolute atomic E-state index is 0.798. The molecule has 74 valence electrons. The quantitative estimate of drug-likeness (QED) is 0.569. The first-order valence-corrected chi connectivity index (χ1v) is 5.17. The fourth-order valence-electron chi connectivity index (χ4n) is 1.22. The Bertz CT molecular complexity index is 292. The van der Waals surface area contributed by atoms with Gasteiger partial charge in [-0.25, -0.2) is 0 Å².